The third-order valence-electron chi connectivity index (χ3n) is 3.10. The number of nitrogens with one attached hydrogen (secondary N) is 1. The van der Waals surface area contributed by atoms with E-state index in [4.69, 9.17) is 11.6 Å². The molecule has 1 saturated carbocycles. The molecule has 2 N–H and O–H groups in total. The molecule has 1 aliphatic carbocycles. The lowest BCUT2D eigenvalue weighted by molar-refractivity contribution is -0.122. The monoisotopic (exact) mass is 282 g/mol. The Balaban J connectivity index is 1.78. The molecular weight excluding hydrogens is 264 g/mol. The second-order valence-corrected chi connectivity index (χ2v) is 5.54. The van der Waals surface area contributed by atoms with Crippen molar-refractivity contribution in [2.24, 2.45) is 0 Å². The molecule has 1 atom stereocenters. The number of nitrogens with zero attached hydrogens (tertiary/aromatic N) is 1. The fourth-order valence-corrected chi connectivity index (χ4v) is 2.02. The number of aliphatic hydroxyl groups excluding tert-OH is 1. The first-order valence-electron chi connectivity index (χ1n) is 6.46. The number of amides is 1. The van der Waals surface area contributed by atoms with Crippen molar-refractivity contribution < 1.29 is 9.90 Å². The van der Waals surface area contributed by atoms with E-state index in [1.54, 1.807) is 24.3 Å². The average molecular weight is 283 g/mol. The van der Waals surface area contributed by atoms with E-state index < -0.39 is 6.10 Å². The number of carbonyl (C=O) groups is 1. The van der Waals surface area contributed by atoms with Gasteiger partial charge in [0.25, 0.3) is 0 Å². The molecule has 1 unspecified atom stereocenters. The van der Waals surface area contributed by atoms with Gasteiger partial charge in [0, 0.05) is 17.6 Å². The summed E-state index contributed by atoms with van der Waals surface area (Å²) in [7, 11) is 1.83. The van der Waals surface area contributed by atoms with E-state index in [0.29, 0.717) is 24.2 Å². The van der Waals surface area contributed by atoms with Crippen molar-refractivity contribution in [3.63, 3.8) is 0 Å². The summed E-state index contributed by atoms with van der Waals surface area (Å²) < 4.78 is 0. The van der Waals surface area contributed by atoms with Gasteiger partial charge in [-0.3, -0.25) is 9.69 Å². The SMILES string of the molecule is CN(CC(=O)NC1CC1)CC(O)c1ccc(Cl)cc1. The van der Waals surface area contributed by atoms with E-state index in [2.05, 4.69) is 5.32 Å². The van der Waals surface area contributed by atoms with Crippen molar-refractivity contribution in [3.05, 3.63) is 34.9 Å². The molecule has 0 bridgehead atoms. The first kappa shape index (κ1) is 14.3. The maximum atomic E-state index is 11.6. The van der Waals surface area contributed by atoms with Gasteiger partial charge in [-0.05, 0) is 37.6 Å². The van der Waals surface area contributed by atoms with Crippen molar-refractivity contribution in [1.82, 2.24) is 10.2 Å². The lowest BCUT2D eigenvalue weighted by Crippen LogP contribution is -2.37. The van der Waals surface area contributed by atoms with Crippen LogP contribution in [0.1, 0.15) is 24.5 Å². The minimum absolute atomic E-state index is 0.0216. The Bertz CT molecular complexity index is 432. The summed E-state index contributed by atoms with van der Waals surface area (Å²) in [5.74, 6) is 0.0216. The number of hydrogen-bond donors (Lipinski definition) is 2. The summed E-state index contributed by atoms with van der Waals surface area (Å²) in [5, 5.41) is 13.6. The van der Waals surface area contributed by atoms with E-state index in [9.17, 15) is 9.90 Å². The normalized spacial score (nSPS) is 16.4. The van der Waals surface area contributed by atoms with Crippen LogP contribution in [0.3, 0.4) is 0 Å². The van der Waals surface area contributed by atoms with E-state index in [1.165, 1.54) is 0 Å². The van der Waals surface area contributed by atoms with Gasteiger partial charge in [-0.1, -0.05) is 23.7 Å². The fraction of sp³-hybridized carbons (Fsp3) is 0.500. The minimum Gasteiger partial charge on any atom is -0.387 e. The zero-order valence-corrected chi connectivity index (χ0v) is 11.7. The molecule has 1 amide bonds. The standard InChI is InChI=1S/C14H19ClN2O2/c1-17(9-14(19)16-12-6-7-12)8-13(18)10-2-4-11(15)5-3-10/h2-5,12-13,18H,6-9H2,1H3,(H,16,19). The minimum atomic E-state index is -0.615. The zero-order valence-electron chi connectivity index (χ0n) is 11.0. The number of hydrogen-bond acceptors (Lipinski definition) is 3. The van der Waals surface area contributed by atoms with Gasteiger partial charge in [0.05, 0.1) is 12.6 Å². The molecule has 1 aromatic carbocycles. The van der Waals surface area contributed by atoms with Crippen LogP contribution in [0.15, 0.2) is 24.3 Å². The molecule has 0 aromatic heterocycles. The van der Waals surface area contributed by atoms with Crippen molar-refractivity contribution in [2.45, 2.75) is 25.0 Å². The molecule has 104 valence electrons. The van der Waals surface area contributed by atoms with Gasteiger partial charge in [0.1, 0.15) is 0 Å². The van der Waals surface area contributed by atoms with Crippen LogP contribution < -0.4 is 5.32 Å². The first-order chi connectivity index (χ1) is 9.04. The number of carbonyl (C=O) groups excluding carboxylic acids is 1. The highest BCUT2D eigenvalue weighted by Gasteiger charge is 2.23. The largest absolute Gasteiger partial charge is 0.387 e. The number of rotatable bonds is 6. The van der Waals surface area contributed by atoms with Crippen LogP contribution in [0.25, 0.3) is 0 Å². The highest BCUT2D eigenvalue weighted by atomic mass is 35.5. The zero-order chi connectivity index (χ0) is 13.8. The molecule has 2 rings (SSSR count). The highest BCUT2D eigenvalue weighted by molar-refractivity contribution is 6.30. The summed E-state index contributed by atoms with van der Waals surface area (Å²) in [5.41, 5.74) is 0.804. The topological polar surface area (TPSA) is 52.6 Å². The molecule has 0 aliphatic heterocycles. The Labute approximate surface area is 118 Å². The van der Waals surface area contributed by atoms with Crippen LogP contribution in [0.4, 0.5) is 0 Å². The van der Waals surface area contributed by atoms with E-state index >= 15 is 0 Å². The van der Waals surface area contributed by atoms with Crippen LogP contribution in [-0.4, -0.2) is 42.1 Å². The third kappa shape index (κ3) is 4.82. The van der Waals surface area contributed by atoms with Crippen LogP contribution in [0, 0.1) is 0 Å². The summed E-state index contributed by atoms with van der Waals surface area (Å²) >= 11 is 5.80. The quantitative estimate of drug-likeness (QED) is 0.833. The van der Waals surface area contributed by atoms with Crippen LogP contribution in [-0.2, 0) is 4.79 Å². The van der Waals surface area contributed by atoms with Gasteiger partial charge in [-0.25, -0.2) is 0 Å². The molecule has 0 radical (unpaired) electrons. The Kier molecular flexibility index (Phi) is 4.80. The van der Waals surface area contributed by atoms with Crippen LogP contribution in [0.2, 0.25) is 5.02 Å². The second-order valence-electron chi connectivity index (χ2n) is 5.11. The van der Waals surface area contributed by atoms with Gasteiger partial charge >= 0.3 is 0 Å². The predicted octanol–water partition coefficient (Wildman–Crippen LogP) is 1.58. The molecule has 0 saturated heterocycles. The van der Waals surface area contributed by atoms with Crippen molar-refractivity contribution in [1.29, 1.82) is 0 Å². The van der Waals surface area contributed by atoms with E-state index in [-0.39, 0.29) is 5.91 Å². The number of aliphatic hydroxyl groups is 1. The van der Waals surface area contributed by atoms with Gasteiger partial charge in [-0.15, -0.1) is 0 Å². The maximum absolute atomic E-state index is 11.6. The molecule has 1 aromatic rings. The molecule has 0 heterocycles. The molecule has 19 heavy (non-hydrogen) atoms. The smallest absolute Gasteiger partial charge is 0.234 e. The van der Waals surface area contributed by atoms with Gasteiger partial charge in [0.2, 0.25) is 5.91 Å². The second kappa shape index (κ2) is 6.37. The van der Waals surface area contributed by atoms with Crippen LogP contribution >= 0.6 is 11.6 Å². The lowest BCUT2D eigenvalue weighted by atomic mass is 10.1. The number of halogens is 1. The lowest BCUT2D eigenvalue weighted by Gasteiger charge is -2.20. The first-order valence-corrected chi connectivity index (χ1v) is 6.84. The summed E-state index contributed by atoms with van der Waals surface area (Å²) in [6.07, 6.45) is 1.56. The fourth-order valence-electron chi connectivity index (χ4n) is 1.90. The summed E-state index contributed by atoms with van der Waals surface area (Å²) in [6, 6.07) is 7.47. The predicted molar refractivity (Wildman–Crippen MR) is 75.1 cm³/mol. The Hall–Kier alpha value is -1.10. The van der Waals surface area contributed by atoms with E-state index in [1.807, 2.05) is 11.9 Å². The average Bonchev–Trinajstić information content (AvgIpc) is 3.13. The molecule has 1 aliphatic rings. The Morgan fingerprint density at radius 3 is 2.68 bits per heavy atom. The van der Waals surface area contributed by atoms with Crippen molar-refractivity contribution >= 4 is 17.5 Å². The number of likely N-dealkylation sites (N-methyl/N-ethyl adjacent to an activating group) is 1. The van der Waals surface area contributed by atoms with Crippen molar-refractivity contribution in [3.8, 4) is 0 Å². The van der Waals surface area contributed by atoms with Gasteiger partial charge in [0.15, 0.2) is 0 Å². The number of benzene rings is 1. The van der Waals surface area contributed by atoms with Gasteiger partial charge in [-0.2, -0.15) is 0 Å². The highest BCUT2D eigenvalue weighted by Crippen LogP contribution is 2.19. The summed E-state index contributed by atoms with van der Waals surface area (Å²) in [6.45, 7) is 0.723. The van der Waals surface area contributed by atoms with Gasteiger partial charge < -0.3 is 10.4 Å². The Morgan fingerprint density at radius 2 is 2.11 bits per heavy atom. The molecular formula is C14H19ClN2O2. The molecule has 5 heteroatoms. The Morgan fingerprint density at radius 1 is 1.47 bits per heavy atom. The molecule has 0 spiro atoms. The third-order valence-corrected chi connectivity index (χ3v) is 3.35. The maximum Gasteiger partial charge on any atom is 0.234 e. The molecule has 4 nitrogen and oxygen atoms in total. The van der Waals surface area contributed by atoms with E-state index in [0.717, 1.165) is 18.4 Å². The van der Waals surface area contributed by atoms with Crippen LogP contribution in [0.5, 0.6) is 0 Å². The molecule has 1 fully saturated rings. The van der Waals surface area contributed by atoms with Crippen molar-refractivity contribution in [2.75, 3.05) is 20.1 Å². The summed E-state index contributed by atoms with van der Waals surface area (Å²) in [4.78, 5) is 13.4.